The molecule has 0 unspecified atom stereocenters. The molecule has 0 aliphatic carbocycles. The number of hydrogen-bond acceptors (Lipinski definition) is 7. The minimum absolute atomic E-state index is 0. The van der Waals surface area contributed by atoms with Gasteiger partial charge >= 0.3 is 6.18 Å². The summed E-state index contributed by atoms with van der Waals surface area (Å²) >= 11 is 0. The Morgan fingerprint density at radius 1 is 0.643 bits per heavy atom. The second-order valence-corrected chi connectivity index (χ2v) is 8.13. The van der Waals surface area contributed by atoms with Crippen LogP contribution in [0.2, 0.25) is 0 Å². The van der Waals surface area contributed by atoms with Crippen LogP contribution in [0.25, 0.3) is 5.43 Å². The van der Waals surface area contributed by atoms with Crippen molar-refractivity contribution in [3.05, 3.63) is 132 Å². The van der Waals surface area contributed by atoms with Crippen molar-refractivity contribution in [1.82, 2.24) is 15.0 Å². The van der Waals surface area contributed by atoms with E-state index in [1.165, 1.54) is 18.2 Å². The number of rotatable bonds is 8. The van der Waals surface area contributed by atoms with Crippen molar-refractivity contribution in [2.75, 3.05) is 0 Å². The summed E-state index contributed by atoms with van der Waals surface area (Å²) in [6.07, 6.45) is -4.68. The van der Waals surface area contributed by atoms with Gasteiger partial charge in [-0.15, -0.1) is 10.2 Å². The molecule has 1 heterocycles. The van der Waals surface area contributed by atoms with Crippen LogP contribution in [-0.2, 0) is 22.7 Å². The Morgan fingerprint density at radius 2 is 1.14 bits per heavy atom. The fourth-order valence-electron chi connectivity index (χ4n) is 3.40. The van der Waals surface area contributed by atoms with Crippen LogP contribution in [0.4, 0.5) is 24.8 Å². The SMILES string of the molecule is FC(F)(F)c1ccccc1/C(N=Nc1ccccc1)=N/[N-]c1nc(Oc2ccccc2)nc(Oc2ccccc2)n1.[Ni]. The van der Waals surface area contributed by atoms with Gasteiger partial charge in [0.1, 0.15) is 11.5 Å². The van der Waals surface area contributed by atoms with Gasteiger partial charge in [-0.2, -0.15) is 23.3 Å². The van der Waals surface area contributed by atoms with E-state index in [0.29, 0.717) is 17.2 Å². The normalized spacial score (nSPS) is 11.5. The van der Waals surface area contributed by atoms with E-state index < -0.39 is 17.6 Å². The molecule has 0 aliphatic rings. The molecule has 0 amide bonds. The van der Waals surface area contributed by atoms with Gasteiger partial charge in [0.25, 0.3) is 12.0 Å². The Balaban J connectivity index is 0.00000405. The predicted octanol–water partition coefficient (Wildman–Crippen LogP) is 8.62. The summed E-state index contributed by atoms with van der Waals surface area (Å²) in [5, 5.41) is 12.0. The summed E-state index contributed by atoms with van der Waals surface area (Å²) < 4.78 is 52.9. The summed E-state index contributed by atoms with van der Waals surface area (Å²) in [7, 11) is 0. The Morgan fingerprint density at radius 3 is 1.69 bits per heavy atom. The Kier molecular flexibility index (Phi) is 9.91. The van der Waals surface area contributed by atoms with Crippen LogP contribution in [0.15, 0.2) is 131 Å². The molecule has 0 spiro atoms. The maximum atomic E-state index is 13.8. The van der Waals surface area contributed by atoms with E-state index in [0.717, 1.165) is 6.07 Å². The maximum Gasteiger partial charge on any atom is 0.417 e. The van der Waals surface area contributed by atoms with E-state index in [1.54, 1.807) is 78.9 Å². The molecular formula is C29H19F3N7NiO2-. The number of halogens is 3. The van der Waals surface area contributed by atoms with Crippen LogP contribution in [-0.4, -0.2) is 20.8 Å². The van der Waals surface area contributed by atoms with Crippen LogP contribution < -0.4 is 9.47 Å². The number of para-hydroxylation sites is 2. The van der Waals surface area contributed by atoms with Gasteiger partial charge in [-0.1, -0.05) is 72.8 Å². The minimum Gasteiger partial charge on any atom is -0.436 e. The van der Waals surface area contributed by atoms with Gasteiger partial charge in [0.2, 0.25) is 0 Å². The molecule has 5 aromatic rings. The standard InChI is InChI=1S/C29H19F3N7O2.Ni/c30-29(31,32)24-19-11-10-18-23(24)25(37-36-20-12-4-1-5-13-20)38-39-26-33-27(40-21-14-6-2-7-15-21)35-28(34-26)41-22-16-8-3-9-17-22;/h1-19H;/q-1;/b37-36?,38-25-;. The first kappa shape index (κ1) is 29.8. The summed E-state index contributed by atoms with van der Waals surface area (Å²) in [4.78, 5) is 12.4. The van der Waals surface area contributed by atoms with Crippen LogP contribution in [0.1, 0.15) is 11.1 Å². The third-order valence-electron chi connectivity index (χ3n) is 5.21. The van der Waals surface area contributed by atoms with Gasteiger partial charge in [-0.25, -0.2) is 0 Å². The minimum atomic E-state index is -4.68. The number of hydrogen-bond donors (Lipinski definition) is 0. The fraction of sp³-hybridized carbons (Fsp3) is 0.0345. The van der Waals surface area contributed by atoms with Crippen molar-refractivity contribution in [3.8, 4) is 23.5 Å². The Hall–Kier alpha value is -5.16. The molecule has 9 nitrogen and oxygen atoms in total. The van der Waals surface area contributed by atoms with Crippen LogP contribution in [0, 0.1) is 0 Å². The molecule has 13 heteroatoms. The molecular weight excluding hydrogens is 594 g/mol. The predicted molar refractivity (Wildman–Crippen MR) is 145 cm³/mol. The van der Waals surface area contributed by atoms with Crippen molar-refractivity contribution in [2.24, 2.45) is 15.3 Å². The number of alkyl halides is 3. The zero-order chi connectivity index (χ0) is 28.5. The second-order valence-electron chi connectivity index (χ2n) is 8.13. The van der Waals surface area contributed by atoms with Gasteiger partial charge in [0.05, 0.1) is 17.2 Å². The fourth-order valence-corrected chi connectivity index (χ4v) is 3.40. The van der Waals surface area contributed by atoms with Crippen molar-refractivity contribution in [3.63, 3.8) is 0 Å². The molecule has 0 saturated carbocycles. The first-order valence-electron chi connectivity index (χ1n) is 12.1. The molecule has 0 atom stereocenters. The van der Waals surface area contributed by atoms with E-state index in [-0.39, 0.29) is 40.0 Å². The summed E-state index contributed by atoms with van der Waals surface area (Å²) in [6.45, 7) is 0. The van der Waals surface area contributed by atoms with Gasteiger partial charge in [0, 0.05) is 22.1 Å². The first-order valence-corrected chi connectivity index (χ1v) is 12.1. The first-order chi connectivity index (χ1) is 19.9. The van der Waals surface area contributed by atoms with Crippen molar-refractivity contribution >= 4 is 17.5 Å². The third-order valence-corrected chi connectivity index (χ3v) is 5.21. The Bertz CT molecular complexity index is 1600. The van der Waals surface area contributed by atoms with E-state index in [2.05, 4.69) is 35.7 Å². The Labute approximate surface area is 248 Å². The van der Waals surface area contributed by atoms with Crippen LogP contribution in [0.3, 0.4) is 0 Å². The van der Waals surface area contributed by atoms with Crippen molar-refractivity contribution in [2.45, 2.75) is 6.18 Å². The molecule has 0 saturated heterocycles. The third kappa shape index (κ3) is 8.18. The van der Waals surface area contributed by atoms with Gasteiger partial charge in [0.15, 0.2) is 5.84 Å². The molecule has 1 aromatic heterocycles. The molecule has 4 aromatic carbocycles. The molecule has 0 bridgehead atoms. The monoisotopic (exact) mass is 612 g/mol. The van der Waals surface area contributed by atoms with Crippen LogP contribution in [0.5, 0.6) is 23.5 Å². The number of benzene rings is 4. The molecule has 5 rings (SSSR count). The zero-order valence-electron chi connectivity index (χ0n) is 21.4. The molecule has 0 fully saturated rings. The number of azo groups is 1. The van der Waals surface area contributed by atoms with Gasteiger partial charge in [-0.05, 0) is 42.5 Å². The largest absolute Gasteiger partial charge is 0.436 e. The van der Waals surface area contributed by atoms with E-state index in [4.69, 9.17) is 9.47 Å². The molecule has 42 heavy (non-hydrogen) atoms. The van der Waals surface area contributed by atoms with E-state index in [9.17, 15) is 13.2 Å². The zero-order valence-corrected chi connectivity index (χ0v) is 22.4. The number of nitrogens with zero attached hydrogens (tertiary/aromatic N) is 7. The molecule has 0 radical (unpaired) electrons. The second kappa shape index (κ2) is 14.0. The number of amidine groups is 1. The van der Waals surface area contributed by atoms with E-state index >= 15 is 0 Å². The maximum absolute atomic E-state index is 13.8. The van der Waals surface area contributed by atoms with Gasteiger partial charge in [-0.3, -0.25) is 5.43 Å². The molecule has 214 valence electrons. The van der Waals surface area contributed by atoms with Crippen molar-refractivity contribution in [1.29, 1.82) is 0 Å². The summed E-state index contributed by atoms with van der Waals surface area (Å²) in [5.74, 6) is 0.137. The van der Waals surface area contributed by atoms with Crippen LogP contribution >= 0.6 is 0 Å². The summed E-state index contributed by atoms with van der Waals surface area (Å²) in [6, 6.07) is 30.4. The van der Waals surface area contributed by atoms with Crippen molar-refractivity contribution < 1.29 is 39.1 Å². The topological polar surface area (TPSA) is 108 Å². The average molecular weight is 613 g/mol. The smallest absolute Gasteiger partial charge is 0.417 e. The quantitative estimate of drug-likeness (QED) is 0.0573. The summed E-state index contributed by atoms with van der Waals surface area (Å²) in [5.41, 5.74) is 3.08. The average Bonchev–Trinajstić information content (AvgIpc) is 2.98. The molecule has 0 N–H and O–H groups in total. The number of ether oxygens (including phenoxy) is 2. The van der Waals surface area contributed by atoms with Gasteiger partial charge < -0.3 is 19.4 Å². The number of aromatic nitrogens is 3. The van der Waals surface area contributed by atoms with E-state index in [1.807, 2.05) is 12.1 Å². The molecule has 0 aliphatic heterocycles.